The maximum absolute atomic E-state index is 8.90. The Hall–Kier alpha value is -1.84. The zero-order valence-corrected chi connectivity index (χ0v) is 13.2. The number of aromatic nitrogens is 3. The molecule has 2 rings (SSSR count). The second-order valence-corrected chi connectivity index (χ2v) is 5.74. The molecule has 0 saturated carbocycles. The number of thioether (sulfide) groups is 1. The predicted octanol–water partition coefficient (Wildman–Crippen LogP) is 2.62. The van der Waals surface area contributed by atoms with Crippen molar-refractivity contribution in [2.75, 3.05) is 0 Å². The van der Waals surface area contributed by atoms with Crippen molar-refractivity contribution in [2.24, 2.45) is 5.73 Å². The Bertz CT molecular complexity index is 657. The van der Waals surface area contributed by atoms with Crippen molar-refractivity contribution in [3.63, 3.8) is 0 Å². The van der Waals surface area contributed by atoms with E-state index in [4.69, 9.17) is 11.0 Å². The Morgan fingerprint density at radius 2 is 2.19 bits per heavy atom. The first kappa shape index (κ1) is 15.5. The second-order valence-electron chi connectivity index (χ2n) is 4.80. The van der Waals surface area contributed by atoms with E-state index in [1.54, 1.807) is 11.8 Å². The summed E-state index contributed by atoms with van der Waals surface area (Å²) in [6.07, 6.45) is 1.02. The Morgan fingerprint density at radius 3 is 2.81 bits per heavy atom. The van der Waals surface area contributed by atoms with E-state index in [2.05, 4.69) is 27.8 Å². The summed E-state index contributed by atoms with van der Waals surface area (Å²) in [4.78, 5) is 0. The molecular weight excluding hydrogens is 282 g/mol. The lowest BCUT2D eigenvalue weighted by atomic mass is 10.1. The Labute approximate surface area is 129 Å². The molecule has 0 aliphatic heterocycles. The van der Waals surface area contributed by atoms with Gasteiger partial charge in [-0.05, 0) is 36.6 Å². The summed E-state index contributed by atoms with van der Waals surface area (Å²) >= 11 is 1.65. The molecule has 0 radical (unpaired) electrons. The summed E-state index contributed by atoms with van der Waals surface area (Å²) in [6.45, 7) is 5.44. The van der Waals surface area contributed by atoms with Crippen LogP contribution in [0.4, 0.5) is 0 Å². The fourth-order valence-corrected chi connectivity index (χ4v) is 3.15. The van der Waals surface area contributed by atoms with E-state index < -0.39 is 0 Å². The molecule has 0 unspecified atom stereocenters. The van der Waals surface area contributed by atoms with E-state index in [1.807, 2.05) is 25.1 Å². The van der Waals surface area contributed by atoms with Crippen LogP contribution in [0.2, 0.25) is 0 Å². The van der Waals surface area contributed by atoms with Crippen LogP contribution >= 0.6 is 11.8 Å². The normalized spacial score (nSPS) is 10.6. The van der Waals surface area contributed by atoms with E-state index in [-0.39, 0.29) is 0 Å². The number of aryl methyl sites for hydroxylation is 1. The maximum Gasteiger partial charge on any atom is 0.191 e. The van der Waals surface area contributed by atoms with Gasteiger partial charge in [-0.1, -0.05) is 24.8 Å². The van der Waals surface area contributed by atoms with Crippen molar-refractivity contribution in [1.82, 2.24) is 14.8 Å². The van der Waals surface area contributed by atoms with Gasteiger partial charge in [0, 0.05) is 12.3 Å². The summed E-state index contributed by atoms with van der Waals surface area (Å²) in [5, 5.41) is 18.2. The maximum atomic E-state index is 8.90. The Balaban J connectivity index is 2.13. The van der Waals surface area contributed by atoms with Gasteiger partial charge >= 0.3 is 0 Å². The van der Waals surface area contributed by atoms with Crippen LogP contribution in [-0.2, 0) is 18.8 Å². The van der Waals surface area contributed by atoms with Crippen LogP contribution in [0.5, 0.6) is 0 Å². The van der Waals surface area contributed by atoms with Gasteiger partial charge in [-0.2, -0.15) is 5.26 Å². The minimum absolute atomic E-state index is 0.406. The zero-order valence-electron chi connectivity index (χ0n) is 12.3. The smallest absolute Gasteiger partial charge is 0.191 e. The molecule has 0 aliphatic carbocycles. The van der Waals surface area contributed by atoms with Crippen LogP contribution < -0.4 is 5.73 Å². The van der Waals surface area contributed by atoms with Crippen LogP contribution in [0, 0.1) is 18.3 Å². The van der Waals surface area contributed by atoms with Crippen LogP contribution in [0.25, 0.3) is 0 Å². The molecule has 6 heteroatoms. The molecule has 2 N–H and O–H groups in total. The molecule has 2 aromatic rings. The second kappa shape index (κ2) is 7.25. The average molecular weight is 301 g/mol. The van der Waals surface area contributed by atoms with E-state index in [1.165, 1.54) is 5.56 Å². The number of benzene rings is 1. The molecule has 1 aromatic carbocycles. The van der Waals surface area contributed by atoms with Gasteiger partial charge in [0.05, 0.1) is 18.2 Å². The monoisotopic (exact) mass is 301 g/mol. The first-order valence-corrected chi connectivity index (χ1v) is 7.92. The number of rotatable bonds is 6. The molecule has 0 fully saturated rings. The van der Waals surface area contributed by atoms with E-state index >= 15 is 0 Å². The van der Waals surface area contributed by atoms with E-state index in [0.717, 1.165) is 35.3 Å². The standard InChI is InChI=1S/C15H19N5S/c1-3-6-20-14(9-17)18-19-15(20)21-10-13-5-4-12(8-16)7-11(13)2/h4-5,7H,3,6,9-10,17H2,1-2H3. The molecule has 1 heterocycles. The number of hydrogen-bond donors (Lipinski definition) is 1. The van der Waals surface area contributed by atoms with Gasteiger partial charge in [0.25, 0.3) is 0 Å². The number of nitriles is 1. The lowest BCUT2D eigenvalue weighted by Crippen LogP contribution is -2.09. The number of nitrogens with zero attached hydrogens (tertiary/aromatic N) is 4. The zero-order chi connectivity index (χ0) is 15.2. The molecule has 5 nitrogen and oxygen atoms in total. The first-order valence-electron chi connectivity index (χ1n) is 6.94. The lowest BCUT2D eigenvalue weighted by Gasteiger charge is -2.09. The molecule has 0 bridgehead atoms. The quantitative estimate of drug-likeness (QED) is 0.830. The summed E-state index contributed by atoms with van der Waals surface area (Å²) in [6, 6.07) is 7.93. The van der Waals surface area contributed by atoms with Gasteiger partial charge in [-0.3, -0.25) is 0 Å². The van der Waals surface area contributed by atoms with Gasteiger partial charge in [0.15, 0.2) is 5.16 Å². The summed E-state index contributed by atoms with van der Waals surface area (Å²) in [7, 11) is 0. The first-order chi connectivity index (χ1) is 10.2. The van der Waals surface area contributed by atoms with E-state index in [0.29, 0.717) is 12.1 Å². The van der Waals surface area contributed by atoms with Crippen molar-refractivity contribution >= 4 is 11.8 Å². The summed E-state index contributed by atoms with van der Waals surface area (Å²) < 4.78 is 2.09. The van der Waals surface area contributed by atoms with Crippen molar-refractivity contribution < 1.29 is 0 Å². The van der Waals surface area contributed by atoms with Gasteiger partial charge < -0.3 is 10.3 Å². The van der Waals surface area contributed by atoms with Gasteiger partial charge in [0.1, 0.15) is 5.82 Å². The van der Waals surface area contributed by atoms with Crippen LogP contribution in [-0.4, -0.2) is 14.8 Å². The van der Waals surface area contributed by atoms with Gasteiger partial charge in [0.2, 0.25) is 0 Å². The molecule has 0 saturated heterocycles. The van der Waals surface area contributed by atoms with Crippen molar-refractivity contribution in [1.29, 1.82) is 5.26 Å². The fraction of sp³-hybridized carbons (Fsp3) is 0.400. The molecule has 0 amide bonds. The molecule has 110 valence electrons. The minimum atomic E-state index is 0.406. The van der Waals surface area contributed by atoms with Crippen LogP contribution in [0.15, 0.2) is 23.4 Å². The lowest BCUT2D eigenvalue weighted by molar-refractivity contribution is 0.592. The third-order valence-electron chi connectivity index (χ3n) is 3.25. The fourth-order valence-electron chi connectivity index (χ4n) is 2.09. The molecule has 0 atom stereocenters. The van der Waals surface area contributed by atoms with Crippen LogP contribution in [0.1, 0.15) is 35.9 Å². The van der Waals surface area contributed by atoms with Crippen molar-refractivity contribution in [3.05, 3.63) is 40.7 Å². The molecule has 21 heavy (non-hydrogen) atoms. The van der Waals surface area contributed by atoms with Gasteiger partial charge in [-0.25, -0.2) is 0 Å². The minimum Gasteiger partial charge on any atom is -0.324 e. The molecular formula is C15H19N5S. The topological polar surface area (TPSA) is 80.5 Å². The molecule has 1 aromatic heterocycles. The highest BCUT2D eigenvalue weighted by Crippen LogP contribution is 2.24. The highest BCUT2D eigenvalue weighted by molar-refractivity contribution is 7.98. The summed E-state index contributed by atoms with van der Waals surface area (Å²) in [5.74, 6) is 1.64. The highest BCUT2D eigenvalue weighted by Gasteiger charge is 2.11. The number of nitrogens with two attached hydrogens (primary N) is 1. The Morgan fingerprint density at radius 1 is 1.38 bits per heavy atom. The predicted molar refractivity (Wildman–Crippen MR) is 83.7 cm³/mol. The Kier molecular flexibility index (Phi) is 5.37. The van der Waals surface area contributed by atoms with Crippen LogP contribution in [0.3, 0.4) is 0 Å². The largest absolute Gasteiger partial charge is 0.324 e. The van der Waals surface area contributed by atoms with Crippen molar-refractivity contribution in [3.8, 4) is 6.07 Å². The van der Waals surface area contributed by atoms with E-state index in [9.17, 15) is 0 Å². The van der Waals surface area contributed by atoms with Gasteiger partial charge in [-0.15, -0.1) is 10.2 Å². The SMILES string of the molecule is CCCn1c(CN)nnc1SCc1ccc(C#N)cc1C. The van der Waals surface area contributed by atoms with Crippen molar-refractivity contribution in [2.45, 2.75) is 44.3 Å². The third-order valence-corrected chi connectivity index (χ3v) is 4.27. The molecule has 0 aliphatic rings. The molecule has 0 spiro atoms. The average Bonchev–Trinajstić information content (AvgIpc) is 2.88. The highest BCUT2D eigenvalue weighted by atomic mass is 32.2. The third kappa shape index (κ3) is 3.63. The summed E-state index contributed by atoms with van der Waals surface area (Å²) in [5.41, 5.74) is 8.72. The number of hydrogen-bond acceptors (Lipinski definition) is 5.